The molecule has 6 nitrogen and oxygen atoms in total. The molecule has 1 amide bonds. The van der Waals surface area contributed by atoms with Crippen LogP contribution in [0.5, 0.6) is 0 Å². The van der Waals surface area contributed by atoms with Gasteiger partial charge in [0.2, 0.25) is 15.9 Å². The maximum Gasteiger partial charge on any atom is 0.243 e. The average Bonchev–Trinajstić information content (AvgIpc) is 2.67. The van der Waals surface area contributed by atoms with E-state index in [-0.39, 0.29) is 11.8 Å². The maximum absolute atomic E-state index is 12.8. The first-order valence-electron chi connectivity index (χ1n) is 9.81. The van der Waals surface area contributed by atoms with Gasteiger partial charge in [-0.3, -0.25) is 4.79 Å². The summed E-state index contributed by atoms with van der Waals surface area (Å²) in [4.78, 5) is 12.6. The van der Waals surface area contributed by atoms with Gasteiger partial charge < -0.3 is 10.1 Å². The number of sulfonamides is 1. The largest absolute Gasteiger partial charge is 0.382 e. The first-order valence-corrected chi connectivity index (χ1v) is 11.3. The van der Waals surface area contributed by atoms with E-state index >= 15 is 0 Å². The molecule has 0 radical (unpaired) electrons. The van der Waals surface area contributed by atoms with Crippen LogP contribution in [-0.4, -0.2) is 51.5 Å². The first kappa shape index (κ1) is 21.9. The molecule has 1 aromatic rings. The predicted octanol–water partition coefficient (Wildman–Crippen LogP) is 2.75. The van der Waals surface area contributed by atoms with Gasteiger partial charge in [0.25, 0.3) is 0 Å². The van der Waals surface area contributed by atoms with Crippen LogP contribution in [0.25, 0.3) is 0 Å². The molecule has 152 valence electrons. The summed E-state index contributed by atoms with van der Waals surface area (Å²) in [5, 5.41) is 2.93. The van der Waals surface area contributed by atoms with Gasteiger partial charge in [0.05, 0.1) is 4.90 Å². The Bertz CT molecular complexity index is 693. The Balaban J connectivity index is 1.85. The number of carbonyl (C=O) groups excluding carboxylic acids is 1. The maximum atomic E-state index is 12.8. The minimum Gasteiger partial charge on any atom is -0.382 e. The van der Waals surface area contributed by atoms with E-state index in [0.717, 1.165) is 12.0 Å². The molecule has 0 spiro atoms. The van der Waals surface area contributed by atoms with Crippen molar-refractivity contribution in [3.8, 4) is 0 Å². The number of nitrogens with zero attached hydrogens (tertiary/aromatic N) is 1. The molecule has 0 atom stereocenters. The van der Waals surface area contributed by atoms with Crippen LogP contribution in [0.2, 0.25) is 0 Å². The number of carbonyl (C=O) groups is 1. The lowest BCUT2D eigenvalue weighted by molar-refractivity contribution is -0.126. The second kappa shape index (κ2) is 10.2. The van der Waals surface area contributed by atoms with Crippen LogP contribution in [0.1, 0.15) is 51.5 Å². The van der Waals surface area contributed by atoms with Gasteiger partial charge in [-0.2, -0.15) is 4.31 Å². The minimum atomic E-state index is -3.50. The van der Waals surface area contributed by atoms with Gasteiger partial charge in [0.15, 0.2) is 0 Å². The number of hydrogen-bond acceptors (Lipinski definition) is 4. The molecular formula is C20H32N2O4S. The standard InChI is InChI=1S/C20H32N2O4S/c1-4-26-15-5-12-21-20(23)18-10-13-22(14-11-18)27(24,25)19-8-6-17(7-9-19)16(2)3/h6-9,16,18H,4-5,10-15H2,1-3H3,(H,21,23). The van der Waals surface area contributed by atoms with Crippen LogP contribution in [-0.2, 0) is 19.6 Å². The van der Waals surface area contributed by atoms with Crippen molar-refractivity contribution in [3.05, 3.63) is 29.8 Å². The number of hydrogen-bond donors (Lipinski definition) is 1. The van der Waals surface area contributed by atoms with Gasteiger partial charge >= 0.3 is 0 Å². The lowest BCUT2D eigenvalue weighted by atomic mass is 9.97. The summed E-state index contributed by atoms with van der Waals surface area (Å²) in [7, 11) is -3.50. The third kappa shape index (κ3) is 6.02. The summed E-state index contributed by atoms with van der Waals surface area (Å²) in [6, 6.07) is 7.11. The Morgan fingerprint density at radius 3 is 2.41 bits per heavy atom. The molecule has 1 saturated heterocycles. The second-order valence-corrected chi connectivity index (χ2v) is 9.18. The molecule has 1 aliphatic rings. The highest BCUT2D eigenvalue weighted by Gasteiger charge is 2.31. The van der Waals surface area contributed by atoms with Crippen molar-refractivity contribution in [2.24, 2.45) is 5.92 Å². The van der Waals surface area contributed by atoms with Crippen molar-refractivity contribution in [1.29, 1.82) is 0 Å². The third-order valence-electron chi connectivity index (χ3n) is 4.98. The Kier molecular flexibility index (Phi) is 8.26. The molecule has 0 aliphatic carbocycles. The topological polar surface area (TPSA) is 75.7 Å². The van der Waals surface area contributed by atoms with E-state index in [1.807, 2.05) is 19.1 Å². The summed E-state index contributed by atoms with van der Waals surface area (Å²) >= 11 is 0. The number of piperidine rings is 1. The number of amides is 1. The molecule has 0 bridgehead atoms. The zero-order chi connectivity index (χ0) is 19.9. The summed E-state index contributed by atoms with van der Waals surface area (Å²) in [5.41, 5.74) is 1.12. The molecule has 0 saturated carbocycles. The number of benzene rings is 1. The Morgan fingerprint density at radius 2 is 1.85 bits per heavy atom. The molecule has 27 heavy (non-hydrogen) atoms. The molecule has 0 unspecified atom stereocenters. The second-order valence-electron chi connectivity index (χ2n) is 7.24. The van der Waals surface area contributed by atoms with Gasteiger partial charge in [0, 0.05) is 38.8 Å². The molecule has 2 rings (SSSR count). The number of ether oxygens (including phenoxy) is 1. The Morgan fingerprint density at radius 1 is 1.22 bits per heavy atom. The highest BCUT2D eigenvalue weighted by Crippen LogP contribution is 2.25. The van der Waals surface area contributed by atoms with Gasteiger partial charge in [-0.05, 0) is 49.8 Å². The molecule has 1 aromatic carbocycles. The van der Waals surface area contributed by atoms with Crippen LogP contribution < -0.4 is 5.32 Å². The normalized spacial score (nSPS) is 16.6. The molecule has 1 heterocycles. The SMILES string of the molecule is CCOCCCNC(=O)C1CCN(S(=O)(=O)c2ccc(C(C)C)cc2)CC1. The quantitative estimate of drug-likeness (QED) is 0.651. The van der Waals surface area contributed by atoms with E-state index in [4.69, 9.17) is 4.74 Å². The smallest absolute Gasteiger partial charge is 0.243 e. The van der Waals surface area contributed by atoms with E-state index in [1.54, 1.807) is 12.1 Å². The zero-order valence-electron chi connectivity index (χ0n) is 16.6. The molecule has 0 aromatic heterocycles. The average molecular weight is 397 g/mol. The van der Waals surface area contributed by atoms with Crippen LogP contribution in [0.4, 0.5) is 0 Å². The molecule has 1 fully saturated rings. The third-order valence-corrected chi connectivity index (χ3v) is 6.89. The summed E-state index contributed by atoms with van der Waals surface area (Å²) in [6.45, 7) is 8.78. The lowest BCUT2D eigenvalue weighted by Gasteiger charge is -2.30. The highest BCUT2D eigenvalue weighted by molar-refractivity contribution is 7.89. The van der Waals surface area contributed by atoms with Crippen LogP contribution in [0, 0.1) is 5.92 Å². The Labute approximate surface area is 163 Å². The van der Waals surface area contributed by atoms with Gasteiger partial charge in [-0.1, -0.05) is 26.0 Å². The fraction of sp³-hybridized carbons (Fsp3) is 0.650. The summed E-state index contributed by atoms with van der Waals surface area (Å²) < 4.78 is 32.4. The fourth-order valence-corrected chi connectivity index (χ4v) is 4.68. The van der Waals surface area contributed by atoms with E-state index in [0.29, 0.717) is 56.5 Å². The van der Waals surface area contributed by atoms with Gasteiger partial charge in [-0.15, -0.1) is 0 Å². The van der Waals surface area contributed by atoms with E-state index in [1.165, 1.54) is 4.31 Å². The molecule has 1 N–H and O–H groups in total. The molecular weight excluding hydrogens is 364 g/mol. The first-order chi connectivity index (χ1) is 12.9. The highest BCUT2D eigenvalue weighted by atomic mass is 32.2. The number of rotatable bonds is 9. The number of nitrogens with one attached hydrogen (secondary N) is 1. The summed E-state index contributed by atoms with van der Waals surface area (Å²) in [5.74, 6) is 0.265. The van der Waals surface area contributed by atoms with Crippen molar-refractivity contribution < 1.29 is 17.9 Å². The molecule has 1 aliphatic heterocycles. The van der Waals surface area contributed by atoms with Crippen molar-refractivity contribution >= 4 is 15.9 Å². The summed E-state index contributed by atoms with van der Waals surface area (Å²) in [6.07, 6.45) is 1.90. The fourth-order valence-electron chi connectivity index (χ4n) is 3.21. The molecule has 7 heteroatoms. The monoisotopic (exact) mass is 396 g/mol. The van der Waals surface area contributed by atoms with Gasteiger partial charge in [-0.25, -0.2) is 8.42 Å². The zero-order valence-corrected chi connectivity index (χ0v) is 17.4. The van der Waals surface area contributed by atoms with Gasteiger partial charge in [0.1, 0.15) is 0 Å². The van der Waals surface area contributed by atoms with Crippen LogP contribution in [0.3, 0.4) is 0 Å². The van der Waals surface area contributed by atoms with Crippen molar-refractivity contribution in [1.82, 2.24) is 9.62 Å². The van der Waals surface area contributed by atoms with Crippen molar-refractivity contribution in [2.75, 3.05) is 32.8 Å². The predicted molar refractivity (Wildman–Crippen MR) is 106 cm³/mol. The van der Waals surface area contributed by atoms with E-state index in [2.05, 4.69) is 19.2 Å². The lowest BCUT2D eigenvalue weighted by Crippen LogP contribution is -2.43. The van der Waals surface area contributed by atoms with E-state index in [9.17, 15) is 13.2 Å². The Hall–Kier alpha value is -1.44. The van der Waals surface area contributed by atoms with Crippen molar-refractivity contribution in [3.63, 3.8) is 0 Å². The van der Waals surface area contributed by atoms with Crippen LogP contribution in [0.15, 0.2) is 29.2 Å². The van der Waals surface area contributed by atoms with Crippen LogP contribution >= 0.6 is 0 Å². The van der Waals surface area contributed by atoms with Crippen molar-refractivity contribution in [2.45, 2.75) is 50.8 Å². The minimum absolute atomic E-state index is 0.0184. The van der Waals surface area contributed by atoms with E-state index < -0.39 is 10.0 Å².